The van der Waals surface area contributed by atoms with Gasteiger partial charge in [0.05, 0.1) is 0 Å². The molecule has 1 aliphatic rings. The second-order valence-corrected chi connectivity index (χ2v) is 4.79. The molecule has 0 radical (unpaired) electrons. The Hall–Kier alpha value is 0.210. The minimum atomic E-state index is 0.381. The number of hydrogen-bond donors (Lipinski definition) is 0. The molecule has 1 atom stereocenters. The van der Waals surface area contributed by atoms with Crippen LogP contribution in [0.15, 0.2) is 22.3 Å². The third-order valence-electron chi connectivity index (χ3n) is 1.13. The zero-order chi connectivity index (χ0) is 5.82. The summed E-state index contributed by atoms with van der Waals surface area (Å²) in [7, 11) is 0. The summed E-state index contributed by atoms with van der Waals surface area (Å²) in [4.78, 5) is 0. The average molecular weight is 221 g/mol. The summed E-state index contributed by atoms with van der Waals surface area (Å²) in [6, 6.07) is 0. The maximum atomic E-state index is 2.34. The summed E-state index contributed by atoms with van der Waals surface area (Å²) in [5.41, 5.74) is 0. The molecule has 8 heavy (non-hydrogen) atoms. The van der Waals surface area contributed by atoms with Crippen molar-refractivity contribution in [1.82, 2.24) is 0 Å². The van der Waals surface area contributed by atoms with Crippen LogP contribution < -0.4 is 21.2 Å². The van der Waals surface area contributed by atoms with Crippen LogP contribution in [0.4, 0.5) is 0 Å². The van der Waals surface area contributed by atoms with Crippen LogP contribution in [0.5, 0.6) is 0 Å². The summed E-state index contributed by atoms with van der Waals surface area (Å²) in [5, 5.41) is 0. The fourth-order valence-corrected chi connectivity index (χ4v) is 2.63. The van der Waals surface area contributed by atoms with Gasteiger partial charge in [-0.15, -0.1) is 0 Å². The van der Waals surface area contributed by atoms with Gasteiger partial charge in [-0.3, -0.25) is 0 Å². The molecule has 1 heteroatoms. The van der Waals surface area contributed by atoms with Gasteiger partial charge >= 0.3 is 60.8 Å². The van der Waals surface area contributed by atoms with Crippen molar-refractivity contribution in [2.75, 3.05) is 0 Å². The van der Waals surface area contributed by atoms with Crippen LogP contribution in [0.3, 0.4) is 0 Å². The van der Waals surface area contributed by atoms with E-state index in [9.17, 15) is 0 Å². The number of hydrogen-bond acceptors (Lipinski definition) is 0. The summed E-state index contributed by atoms with van der Waals surface area (Å²) in [5.74, 6) is 0. The van der Waals surface area contributed by atoms with Crippen LogP contribution in [0.1, 0.15) is 13.3 Å². The molecule has 1 aliphatic heterocycles. The molecule has 0 aromatic carbocycles. The number of alkyl halides is 1. The third-order valence-corrected chi connectivity index (χ3v) is 4.18. The van der Waals surface area contributed by atoms with Gasteiger partial charge in [0.25, 0.3) is 0 Å². The van der Waals surface area contributed by atoms with Crippen molar-refractivity contribution in [2.45, 2.75) is 17.3 Å². The quantitative estimate of drug-likeness (QED) is 0.391. The molecule has 0 nitrogen and oxygen atoms in total. The molecule has 0 bridgehead atoms. The SMILES string of the molecule is CCC1C=CC=C[I-]1. The first-order chi connectivity index (χ1) is 3.93. The fourth-order valence-electron chi connectivity index (χ4n) is 0.629. The Balaban J connectivity index is 2.40. The van der Waals surface area contributed by atoms with Crippen molar-refractivity contribution in [3.05, 3.63) is 22.3 Å². The Morgan fingerprint density at radius 1 is 1.50 bits per heavy atom. The Kier molecular flexibility index (Phi) is 2.59. The van der Waals surface area contributed by atoms with Gasteiger partial charge in [0.15, 0.2) is 0 Å². The van der Waals surface area contributed by atoms with E-state index in [1.807, 2.05) is 0 Å². The molecule has 46 valence electrons. The maximum absolute atomic E-state index is 2.34. The minimum absolute atomic E-state index is 0.381. The third kappa shape index (κ3) is 1.62. The van der Waals surface area contributed by atoms with E-state index in [0.717, 1.165) is 3.92 Å². The first-order valence-electron chi connectivity index (χ1n) is 2.89. The van der Waals surface area contributed by atoms with Crippen molar-refractivity contribution in [3.8, 4) is 0 Å². The predicted octanol–water partition coefficient (Wildman–Crippen LogP) is -1.06. The number of halogens is 1. The summed E-state index contributed by atoms with van der Waals surface area (Å²) in [6.45, 7) is 2.26. The number of rotatable bonds is 1. The zero-order valence-electron chi connectivity index (χ0n) is 4.97. The van der Waals surface area contributed by atoms with E-state index in [4.69, 9.17) is 0 Å². The Morgan fingerprint density at radius 2 is 2.38 bits per heavy atom. The van der Waals surface area contributed by atoms with E-state index >= 15 is 0 Å². The Bertz CT molecular complexity index is 114. The second-order valence-electron chi connectivity index (χ2n) is 1.75. The predicted molar refractivity (Wildman–Crippen MR) is 32.4 cm³/mol. The molecule has 0 saturated heterocycles. The van der Waals surface area contributed by atoms with Crippen molar-refractivity contribution in [1.29, 1.82) is 0 Å². The van der Waals surface area contributed by atoms with Gasteiger partial charge in [-0.25, -0.2) is 0 Å². The Morgan fingerprint density at radius 3 is 2.75 bits per heavy atom. The zero-order valence-corrected chi connectivity index (χ0v) is 7.13. The monoisotopic (exact) mass is 221 g/mol. The molecule has 0 aromatic rings. The van der Waals surface area contributed by atoms with Crippen molar-refractivity contribution >= 4 is 0 Å². The molecule has 0 fully saturated rings. The van der Waals surface area contributed by atoms with E-state index in [-0.39, 0.29) is 0 Å². The van der Waals surface area contributed by atoms with Crippen LogP contribution in [-0.2, 0) is 0 Å². The molecule has 0 N–H and O–H groups in total. The molecule has 1 heterocycles. The normalized spacial score (nSPS) is 27.4. The van der Waals surface area contributed by atoms with Crippen molar-refractivity contribution in [2.24, 2.45) is 0 Å². The standard InChI is InChI=1S/C7H10I/c1-2-7-5-3-4-6-8-7/h3-7H,2H2,1H3/q-1. The molecule has 0 spiro atoms. The van der Waals surface area contributed by atoms with Gasteiger partial charge < -0.3 is 0 Å². The molecular formula is C7H10I-. The molecule has 0 amide bonds. The molecule has 1 rings (SSSR count). The van der Waals surface area contributed by atoms with Crippen LogP contribution in [0.25, 0.3) is 0 Å². The molecule has 1 unspecified atom stereocenters. The average Bonchev–Trinajstić information content (AvgIpc) is 1.90. The first kappa shape index (κ1) is 6.33. The van der Waals surface area contributed by atoms with Gasteiger partial charge in [0, 0.05) is 0 Å². The topological polar surface area (TPSA) is 0 Å². The summed E-state index contributed by atoms with van der Waals surface area (Å²) < 4.78 is 3.27. The van der Waals surface area contributed by atoms with E-state index in [2.05, 4.69) is 29.2 Å². The van der Waals surface area contributed by atoms with E-state index in [1.54, 1.807) is 0 Å². The van der Waals surface area contributed by atoms with E-state index in [0.29, 0.717) is 21.2 Å². The summed E-state index contributed by atoms with van der Waals surface area (Å²) in [6.07, 6.45) is 7.98. The van der Waals surface area contributed by atoms with Gasteiger partial charge in [-0.05, 0) is 0 Å². The molecule has 0 aliphatic carbocycles. The van der Waals surface area contributed by atoms with Gasteiger partial charge in [0.2, 0.25) is 0 Å². The van der Waals surface area contributed by atoms with E-state index < -0.39 is 0 Å². The van der Waals surface area contributed by atoms with Gasteiger partial charge in [-0.1, -0.05) is 0 Å². The Labute approximate surface area is 60.9 Å². The first-order valence-corrected chi connectivity index (χ1v) is 5.38. The van der Waals surface area contributed by atoms with Crippen molar-refractivity contribution < 1.29 is 21.2 Å². The number of allylic oxidation sites excluding steroid dienone is 3. The van der Waals surface area contributed by atoms with E-state index in [1.165, 1.54) is 6.42 Å². The van der Waals surface area contributed by atoms with Crippen LogP contribution in [-0.4, -0.2) is 3.92 Å². The second kappa shape index (κ2) is 3.28. The molecule has 0 saturated carbocycles. The van der Waals surface area contributed by atoms with Crippen molar-refractivity contribution in [3.63, 3.8) is 0 Å². The van der Waals surface area contributed by atoms with Gasteiger partial charge in [-0.2, -0.15) is 0 Å². The fraction of sp³-hybridized carbons (Fsp3) is 0.429. The van der Waals surface area contributed by atoms with Crippen LogP contribution >= 0.6 is 0 Å². The summed E-state index contributed by atoms with van der Waals surface area (Å²) >= 11 is 0.381. The molecule has 0 aromatic heterocycles. The van der Waals surface area contributed by atoms with Crippen LogP contribution in [0.2, 0.25) is 0 Å². The van der Waals surface area contributed by atoms with Gasteiger partial charge in [0.1, 0.15) is 0 Å². The van der Waals surface area contributed by atoms with Crippen LogP contribution in [0, 0.1) is 0 Å². The molecular weight excluding hydrogens is 211 g/mol.